The minimum Gasteiger partial charge on any atom is -0.371 e. The maximum Gasteiger partial charge on any atom is 0.239 e. The molecule has 0 aliphatic rings. The largest absolute Gasteiger partial charge is 0.371 e. The van der Waals surface area contributed by atoms with Gasteiger partial charge in [-0.3, -0.25) is 4.79 Å². The van der Waals surface area contributed by atoms with Gasteiger partial charge in [0.05, 0.1) is 6.54 Å². The maximum absolute atomic E-state index is 13.3. The minimum absolute atomic E-state index is 0.313. The van der Waals surface area contributed by atoms with E-state index < -0.39 is 29.0 Å². The summed E-state index contributed by atoms with van der Waals surface area (Å²) in [6.07, 6.45) is 0. The molecule has 2 N–H and O–H groups in total. The molecule has 6 heteroatoms. The van der Waals surface area contributed by atoms with Gasteiger partial charge in [-0.2, -0.15) is 0 Å². The van der Waals surface area contributed by atoms with E-state index in [1.165, 1.54) is 0 Å². The van der Waals surface area contributed by atoms with Crippen LogP contribution in [0.2, 0.25) is 0 Å². The summed E-state index contributed by atoms with van der Waals surface area (Å²) in [5.74, 6) is -3.60. The zero-order valence-electron chi connectivity index (χ0n) is 11.0. The van der Waals surface area contributed by atoms with E-state index in [9.17, 15) is 18.0 Å². The molecule has 110 valence electrons. The smallest absolute Gasteiger partial charge is 0.239 e. The lowest BCUT2D eigenvalue weighted by molar-refractivity contribution is -0.119. The van der Waals surface area contributed by atoms with E-state index in [1.807, 2.05) is 30.3 Å². The number of benzene rings is 2. The molecule has 0 bridgehead atoms. The molecule has 0 saturated heterocycles. The highest BCUT2D eigenvalue weighted by Crippen LogP contribution is 2.19. The molecule has 0 aliphatic heterocycles. The molecular weight excluding hydrogens is 281 g/mol. The van der Waals surface area contributed by atoms with Gasteiger partial charge in [0, 0.05) is 18.7 Å². The second-order valence-electron chi connectivity index (χ2n) is 4.36. The van der Waals surface area contributed by atoms with Crippen LogP contribution in [0.25, 0.3) is 0 Å². The fraction of sp³-hybridized carbons (Fsp3) is 0.133. The van der Waals surface area contributed by atoms with Gasteiger partial charge in [-0.05, 0) is 5.56 Å². The molecule has 0 spiro atoms. The van der Waals surface area contributed by atoms with Crippen molar-refractivity contribution in [3.8, 4) is 0 Å². The van der Waals surface area contributed by atoms with Gasteiger partial charge in [0.15, 0.2) is 11.6 Å². The first-order valence-corrected chi connectivity index (χ1v) is 6.25. The Morgan fingerprint density at radius 3 is 2.24 bits per heavy atom. The Balaban J connectivity index is 1.87. The number of rotatable bonds is 5. The van der Waals surface area contributed by atoms with Gasteiger partial charge in [-0.1, -0.05) is 30.3 Å². The predicted molar refractivity (Wildman–Crippen MR) is 73.1 cm³/mol. The fourth-order valence-corrected chi connectivity index (χ4v) is 1.74. The van der Waals surface area contributed by atoms with Crippen LogP contribution in [0.4, 0.5) is 18.9 Å². The summed E-state index contributed by atoms with van der Waals surface area (Å²) in [6.45, 7) is 0.00203. The number of halogens is 3. The van der Waals surface area contributed by atoms with Crippen molar-refractivity contribution in [1.82, 2.24) is 5.32 Å². The Kier molecular flexibility index (Phi) is 4.81. The predicted octanol–water partition coefficient (Wildman–Crippen LogP) is 2.83. The lowest BCUT2D eigenvalue weighted by Gasteiger charge is -2.09. The second kappa shape index (κ2) is 6.78. The third kappa shape index (κ3) is 4.24. The van der Waals surface area contributed by atoms with E-state index in [2.05, 4.69) is 10.6 Å². The molecule has 1 amide bonds. The average molecular weight is 294 g/mol. The Bertz CT molecular complexity index is 609. The molecule has 0 aliphatic carbocycles. The van der Waals surface area contributed by atoms with Gasteiger partial charge in [0.1, 0.15) is 11.5 Å². The summed E-state index contributed by atoms with van der Waals surface area (Å²) in [7, 11) is 0. The molecule has 2 aromatic carbocycles. The number of hydrogen-bond donors (Lipinski definition) is 2. The van der Waals surface area contributed by atoms with Crippen LogP contribution in [0.3, 0.4) is 0 Å². The molecule has 2 rings (SSSR count). The molecular formula is C15H13F3N2O. The Labute approximate surface area is 119 Å². The monoisotopic (exact) mass is 294 g/mol. The maximum atomic E-state index is 13.3. The topological polar surface area (TPSA) is 41.1 Å². The van der Waals surface area contributed by atoms with Crippen molar-refractivity contribution < 1.29 is 18.0 Å². The molecule has 2 aromatic rings. The highest BCUT2D eigenvalue weighted by atomic mass is 19.1. The molecule has 0 atom stereocenters. The normalized spacial score (nSPS) is 10.2. The lowest BCUT2D eigenvalue weighted by atomic mass is 10.2. The average Bonchev–Trinajstić information content (AvgIpc) is 2.45. The van der Waals surface area contributed by atoms with Crippen molar-refractivity contribution in [3.05, 3.63) is 65.5 Å². The third-order valence-electron chi connectivity index (χ3n) is 2.77. The van der Waals surface area contributed by atoms with E-state index in [0.717, 1.165) is 5.56 Å². The van der Waals surface area contributed by atoms with E-state index in [1.54, 1.807) is 0 Å². The molecule has 21 heavy (non-hydrogen) atoms. The van der Waals surface area contributed by atoms with Crippen LogP contribution in [0, 0.1) is 17.5 Å². The number of carbonyl (C=O) groups excluding carboxylic acids is 1. The van der Waals surface area contributed by atoms with Crippen molar-refractivity contribution in [1.29, 1.82) is 0 Å². The van der Waals surface area contributed by atoms with Crippen LogP contribution in [-0.4, -0.2) is 12.5 Å². The van der Waals surface area contributed by atoms with Crippen LogP contribution >= 0.6 is 0 Å². The summed E-state index contributed by atoms with van der Waals surface area (Å²) in [6, 6.07) is 10.3. The van der Waals surface area contributed by atoms with Crippen molar-refractivity contribution in [2.75, 3.05) is 11.9 Å². The van der Waals surface area contributed by atoms with Crippen molar-refractivity contribution >= 4 is 11.6 Å². The Morgan fingerprint density at radius 1 is 1.00 bits per heavy atom. The first-order chi connectivity index (χ1) is 10.1. The summed E-state index contributed by atoms with van der Waals surface area (Å²) < 4.78 is 39.4. The molecule has 0 aromatic heterocycles. The van der Waals surface area contributed by atoms with E-state index in [0.29, 0.717) is 18.7 Å². The van der Waals surface area contributed by atoms with E-state index in [4.69, 9.17) is 0 Å². The van der Waals surface area contributed by atoms with Crippen LogP contribution in [0.5, 0.6) is 0 Å². The van der Waals surface area contributed by atoms with Gasteiger partial charge < -0.3 is 10.6 Å². The van der Waals surface area contributed by atoms with Crippen LogP contribution < -0.4 is 10.6 Å². The summed E-state index contributed by atoms with van der Waals surface area (Å²) in [5.41, 5.74) is 0.385. The molecule has 0 radical (unpaired) electrons. The molecule has 0 heterocycles. The molecule has 0 unspecified atom stereocenters. The van der Waals surface area contributed by atoms with Crippen LogP contribution in [0.1, 0.15) is 5.56 Å². The lowest BCUT2D eigenvalue weighted by Crippen LogP contribution is -2.29. The molecule has 0 fully saturated rings. The Morgan fingerprint density at radius 2 is 1.62 bits per heavy atom. The van der Waals surface area contributed by atoms with Crippen molar-refractivity contribution in [3.63, 3.8) is 0 Å². The second-order valence-corrected chi connectivity index (χ2v) is 4.36. The zero-order chi connectivity index (χ0) is 15.2. The highest BCUT2D eigenvalue weighted by Gasteiger charge is 2.12. The van der Waals surface area contributed by atoms with Gasteiger partial charge in [0.2, 0.25) is 5.91 Å². The van der Waals surface area contributed by atoms with Gasteiger partial charge >= 0.3 is 0 Å². The summed E-state index contributed by atoms with van der Waals surface area (Å²) in [4.78, 5) is 11.6. The molecule has 3 nitrogen and oxygen atoms in total. The van der Waals surface area contributed by atoms with Gasteiger partial charge in [0.25, 0.3) is 0 Å². The van der Waals surface area contributed by atoms with Crippen molar-refractivity contribution in [2.24, 2.45) is 0 Å². The Hall–Kier alpha value is -2.50. The number of nitrogens with one attached hydrogen (secondary N) is 2. The highest BCUT2D eigenvalue weighted by molar-refractivity contribution is 5.80. The number of anilines is 1. The summed E-state index contributed by atoms with van der Waals surface area (Å²) >= 11 is 0. The van der Waals surface area contributed by atoms with Crippen LogP contribution in [-0.2, 0) is 11.3 Å². The van der Waals surface area contributed by atoms with Gasteiger partial charge in [-0.15, -0.1) is 0 Å². The number of hydrogen-bond acceptors (Lipinski definition) is 2. The number of carbonyl (C=O) groups is 1. The number of amides is 1. The van der Waals surface area contributed by atoms with E-state index >= 15 is 0 Å². The van der Waals surface area contributed by atoms with E-state index in [-0.39, 0.29) is 6.54 Å². The van der Waals surface area contributed by atoms with Crippen molar-refractivity contribution in [2.45, 2.75) is 6.54 Å². The minimum atomic E-state index is -1.08. The third-order valence-corrected chi connectivity index (χ3v) is 2.77. The van der Waals surface area contributed by atoms with Gasteiger partial charge in [-0.25, -0.2) is 13.2 Å². The zero-order valence-corrected chi connectivity index (χ0v) is 11.0. The molecule has 0 saturated carbocycles. The SMILES string of the molecule is O=C(CNc1c(F)cc(F)cc1F)NCc1ccccc1. The fourth-order valence-electron chi connectivity index (χ4n) is 1.74. The summed E-state index contributed by atoms with van der Waals surface area (Å²) in [5, 5.41) is 4.91. The van der Waals surface area contributed by atoms with Crippen LogP contribution in [0.15, 0.2) is 42.5 Å². The first kappa shape index (κ1) is 14.9. The first-order valence-electron chi connectivity index (χ1n) is 6.25. The quantitative estimate of drug-likeness (QED) is 0.890. The standard InChI is InChI=1S/C15H13F3N2O/c16-11-6-12(17)15(13(18)7-11)20-9-14(21)19-8-10-4-2-1-3-5-10/h1-7,20H,8-9H2,(H,19,21).